The van der Waals surface area contributed by atoms with Crippen LogP contribution in [0.4, 0.5) is 0 Å². The zero-order valence-electron chi connectivity index (χ0n) is 5.44. The Hall–Kier alpha value is -0.770. The van der Waals surface area contributed by atoms with Crippen molar-refractivity contribution in [1.82, 2.24) is 0 Å². The Morgan fingerprint density at radius 1 is 1.75 bits per heavy atom. The summed E-state index contributed by atoms with van der Waals surface area (Å²) in [6.07, 6.45) is 3.57. The van der Waals surface area contributed by atoms with Crippen molar-refractivity contribution in [3.63, 3.8) is 0 Å². The first-order chi connectivity index (χ1) is 3.81. The maximum absolute atomic E-state index is 8.12. The molecule has 0 amide bonds. The van der Waals surface area contributed by atoms with Gasteiger partial charge in [0.25, 0.3) is 0 Å². The van der Waals surface area contributed by atoms with Crippen molar-refractivity contribution >= 4 is 0 Å². The van der Waals surface area contributed by atoms with Gasteiger partial charge in [-0.2, -0.15) is 5.26 Å². The average Bonchev–Trinajstić information content (AvgIpc) is 1.83. The van der Waals surface area contributed by atoms with Gasteiger partial charge < -0.3 is 0 Å². The fourth-order valence-electron chi connectivity index (χ4n) is 0.364. The third kappa shape index (κ3) is 3.42. The van der Waals surface area contributed by atoms with Gasteiger partial charge in [-0.15, -0.1) is 0 Å². The number of hydrogen-bond acceptors (Lipinski definition) is 1. The molecular weight excluding hydrogens is 98.1 g/mol. The largest absolute Gasteiger partial charge is 0.198 e. The molecule has 0 rings (SSSR count). The molecule has 1 heteroatoms. The molecule has 0 aromatic heterocycles. The highest BCUT2D eigenvalue weighted by molar-refractivity contribution is 5.00. The second-order valence-corrected chi connectivity index (χ2v) is 1.77. The van der Waals surface area contributed by atoms with Crippen LogP contribution in [0.15, 0.2) is 11.6 Å². The van der Waals surface area contributed by atoms with Gasteiger partial charge >= 0.3 is 0 Å². The summed E-state index contributed by atoms with van der Waals surface area (Å²) in [6, 6.07) is 2.06. The Bertz CT molecular complexity index is 117. The van der Waals surface area contributed by atoms with Crippen molar-refractivity contribution in [3.8, 4) is 6.07 Å². The highest BCUT2D eigenvalue weighted by atomic mass is 14.2. The molecule has 1 nitrogen and oxygen atoms in total. The average molecular weight is 109 g/mol. The lowest BCUT2D eigenvalue weighted by molar-refractivity contribution is 1.08. The van der Waals surface area contributed by atoms with Gasteiger partial charge in [-0.1, -0.05) is 18.6 Å². The number of nitrogens with zero attached hydrogens (tertiary/aromatic N) is 1. The molecule has 0 spiro atoms. The highest BCUT2D eigenvalue weighted by Crippen LogP contribution is 1.97. The van der Waals surface area contributed by atoms with Crippen LogP contribution in [-0.4, -0.2) is 0 Å². The molecule has 0 heterocycles. The molecule has 0 aliphatic carbocycles. The first kappa shape index (κ1) is 7.23. The summed E-state index contributed by atoms with van der Waals surface area (Å²) in [6.45, 7) is 4.13. The minimum absolute atomic E-state index is 0.555. The molecule has 0 saturated carbocycles. The first-order valence-electron chi connectivity index (χ1n) is 2.83. The molecule has 0 aliphatic heterocycles. The van der Waals surface area contributed by atoms with E-state index in [9.17, 15) is 0 Å². The molecular formula is C7H11N. The standard InChI is InChI=1S/C7H11N/c1-3-7(2)5-4-6-8/h5H,3-4H2,1-2H3/b7-5-. The van der Waals surface area contributed by atoms with E-state index in [1.165, 1.54) is 5.57 Å². The summed E-state index contributed by atoms with van der Waals surface area (Å²) in [4.78, 5) is 0. The van der Waals surface area contributed by atoms with Crippen molar-refractivity contribution in [3.05, 3.63) is 11.6 Å². The first-order valence-corrected chi connectivity index (χ1v) is 2.83. The molecule has 0 fully saturated rings. The van der Waals surface area contributed by atoms with Crippen LogP contribution in [0.25, 0.3) is 0 Å². The summed E-state index contributed by atoms with van der Waals surface area (Å²) in [5.74, 6) is 0. The van der Waals surface area contributed by atoms with Gasteiger partial charge in [0.05, 0.1) is 12.5 Å². The summed E-state index contributed by atoms with van der Waals surface area (Å²) in [7, 11) is 0. The molecule has 44 valence electrons. The Morgan fingerprint density at radius 2 is 2.38 bits per heavy atom. The number of hydrogen-bond donors (Lipinski definition) is 0. The zero-order valence-corrected chi connectivity index (χ0v) is 5.44. The van der Waals surface area contributed by atoms with E-state index in [0.29, 0.717) is 6.42 Å². The van der Waals surface area contributed by atoms with E-state index in [1.54, 1.807) is 0 Å². The molecule has 0 aromatic carbocycles. The lowest BCUT2D eigenvalue weighted by Crippen LogP contribution is -1.68. The molecule has 0 saturated heterocycles. The summed E-state index contributed by atoms with van der Waals surface area (Å²) < 4.78 is 0. The molecule has 0 atom stereocenters. The third-order valence-corrected chi connectivity index (χ3v) is 1.10. The summed E-state index contributed by atoms with van der Waals surface area (Å²) >= 11 is 0. The van der Waals surface area contributed by atoms with E-state index in [4.69, 9.17) is 5.26 Å². The molecule has 0 N–H and O–H groups in total. The van der Waals surface area contributed by atoms with Crippen LogP contribution in [-0.2, 0) is 0 Å². The van der Waals surface area contributed by atoms with Gasteiger partial charge in [-0.25, -0.2) is 0 Å². The molecule has 8 heavy (non-hydrogen) atoms. The Kier molecular flexibility index (Phi) is 3.97. The monoisotopic (exact) mass is 109 g/mol. The van der Waals surface area contributed by atoms with Crippen LogP contribution >= 0.6 is 0 Å². The third-order valence-electron chi connectivity index (χ3n) is 1.10. The molecule has 0 bridgehead atoms. The van der Waals surface area contributed by atoms with Crippen molar-refractivity contribution < 1.29 is 0 Å². The maximum atomic E-state index is 8.12. The van der Waals surface area contributed by atoms with Gasteiger partial charge in [0, 0.05) is 0 Å². The van der Waals surface area contributed by atoms with Crippen LogP contribution in [0.5, 0.6) is 0 Å². The minimum Gasteiger partial charge on any atom is -0.198 e. The maximum Gasteiger partial charge on any atom is 0.0663 e. The summed E-state index contributed by atoms with van der Waals surface area (Å²) in [5, 5.41) is 8.12. The van der Waals surface area contributed by atoms with Crippen molar-refractivity contribution in [2.45, 2.75) is 26.7 Å². The molecule has 0 aromatic rings. The van der Waals surface area contributed by atoms with Crippen LogP contribution in [0.2, 0.25) is 0 Å². The zero-order chi connectivity index (χ0) is 6.41. The molecule has 0 radical (unpaired) electrons. The molecule has 0 aliphatic rings. The Balaban J connectivity index is 3.45. The minimum atomic E-state index is 0.555. The van der Waals surface area contributed by atoms with Crippen LogP contribution < -0.4 is 0 Å². The van der Waals surface area contributed by atoms with E-state index in [2.05, 4.69) is 13.0 Å². The van der Waals surface area contributed by atoms with Crippen molar-refractivity contribution in [1.29, 1.82) is 5.26 Å². The SMILES string of the molecule is CC/C(C)=C\CC#N. The smallest absolute Gasteiger partial charge is 0.0663 e. The number of nitriles is 1. The predicted molar refractivity (Wildman–Crippen MR) is 34.3 cm³/mol. The van der Waals surface area contributed by atoms with Crippen LogP contribution in [0.1, 0.15) is 26.7 Å². The van der Waals surface area contributed by atoms with E-state index in [-0.39, 0.29) is 0 Å². The van der Waals surface area contributed by atoms with E-state index < -0.39 is 0 Å². The van der Waals surface area contributed by atoms with Crippen molar-refractivity contribution in [2.75, 3.05) is 0 Å². The van der Waals surface area contributed by atoms with Crippen LogP contribution in [0, 0.1) is 11.3 Å². The fraction of sp³-hybridized carbons (Fsp3) is 0.571. The second-order valence-electron chi connectivity index (χ2n) is 1.77. The lowest BCUT2D eigenvalue weighted by Gasteiger charge is -1.87. The fourth-order valence-corrected chi connectivity index (χ4v) is 0.364. The quantitative estimate of drug-likeness (QED) is 0.499. The van der Waals surface area contributed by atoms with Gasteiger partial charge in [-0.3, -0.25) is 0 Å². The van der Waals surface area contributed by atoms with Crippen LogP contribution in [0.3, 0.4) is 0 Å². The Morgan fingerprint density at radius 3 is 2.75 bits per heavy atom. The Labute approximate surface area is 50.6 Å². The van der Waals surface area contributed by atoms with E-state index >= 15 is 0 Å². The number of rotatable bonds is 2. The van der Waals surface area contributed by atoms with Gasteiger partial charge in [0.2, 0.25) is 0 Å². The second kappa shape index (κ2) is 4.39. The van der Waals surface area contributed by atoms with Gasteiger partial charge in [0.15, 0.2) is 0 Å². The number of allylic oxidation sites excluding steroid dienone is 2. The van der Waals surface area contributed by atoms with Gasteiger partial charge in [-0.05, 0) is 13.3 Å². The van der Waals surface area contributed by atoms with E-state index in [1.807, 2.05) is 13.0 Å². The highest BCUT2D eigenvalue weighted by Gasteiger charge is 1.79. The predicted octanol–water partition coefficient (Wildman–Crippen LogP) is 2.26. The normalized spacial score (nSPS) is 10.9. The van der Waals surface area contributed by atoms with Gasteiger partial charge in [0.1, 0.15) is 0 Å². The molecule has 0 unspecified atom stereocenters. The lowest BCUT2D eigenvalue weighted by atomic mass is 10.2. The van der Waals surface area contributed by atoms with Crippen molar-refractivity contribution in [2.24, 2.45) is 0 Å². The topological polar surface area (TPSA) is 23.8 Å². The summed E-state index contributed by atoms with van der Waals surface area (Å²) in [5.41, 5.74) is 1.30. The van der Waals surface area contributed by atoms with E-state index in [0.717, 1.165) is 6.42 Å².